The van der Waals surface area contributed by atoms with Gasteiger partial charge in [-0.05, 0) is 24.2 Å². The number of rotatable bonds is 3. The summed E-state index contributed by atoms with van der Waals surface area (Å²) < 4.78 is 32.2. The minimum absolute atomic E-state index is 0.0758. The fourth-order valence-electron chi connectivity index (χ4n) is 3.95. The van der Waals surface area contributed by atoms with Crippen molar-refractivity contribution in [3.05, 3.63) is 12.2 Å². The quantitative estimate of drug-likeness (QED) is 0.741. The molecule has 2 aliphatic carbocycles. The number of morpholine rings is 1. The molecule has 108 valence electrons. The Kier molecular flexibility index (Phi) is 3.08. The number of hydrogen-bond acceptors (Lipinski definition) is 3. The van der Waals surface area contributed by atoms with Gasteiger partial charge in [-0.15, -0.1) is 0 Å². The minimum atomic E-state index is -3.18. The summed E-state index contributed by atoms with van der Waals surface area (Å²) in [5.41, 5.74) is -0.0822. The van der Waals surface area contributed by atoms with Gasteiger partial charge in [-0.2, -0.15) is 4.31 Å². The fourth-order valence-corrected chi connectivity index (χ4v) is 6.10. The van der Waals surface area contributed by atoms with Crippen molar-refractivity contribution in [2.45, 2.75) is 26.7 Å². The second-order valence-electron chi connectivity index (χ2n) is 6.65. The normalized spacial score (nSPS) is 37.9. The van der Waals surface area contributed by atoms with Crippen LogP contribution in [0.25, 0.3) is 0 Å². The molecule has 2 atom stereocenters. The summed E-state index contributed by atoms with van der Waals surface area (Å²) in [5.74, 6) is 0.812. The molecule has 19 heavy (non-hydrogen) atoms. The van der Waals surface area contributed by atoms with E-state index in [1.54, 1.807) is 4.31 Å². The van der Waals surface area contributed by atoms with Crippen LogP contribution in [0.4, 0.5) is 0 Å². The zero-order valence-electron chi connectivity index (χ0n) is 11.8. The van der Waals surface area contributed by atoms with Crippen LogP contribution in [0.5, 0.6) is 0 Å². The van der Waals surface area contributed by atoms with Crippen molar-refractivity contribution in [1.82, 2.24) is 4.31 Å². The molecule has 1 saturated heterocycles. The van der Waals surface area contributed by atoms with E-state index >= 15 is 0 Å². The molecule has 0 aromatic carbocycles. The van der Waals surface area contributed by atoms with Gasteiger partial charge >= 0.3 is 0 Å². The Balaban J connectivity index is 1.83. The average Bonchev–Trinajstić information content (AvgIpc) is 2.75. The molecule has 2 bridgehead atoms. The fraction of sp³-hybridized carbons (Fsp3) is 0.857. The van der Waals surface area contributed by atoms with E-state index < -0.39 is 10.0 Å². The van der Waals surface area contributed by atoms with Crippen LogP contribution in [0.1, 0.15) is 26.7 Å². The highest BCUT2D eigenvalue weighted by molar-refractivity contribution is 7.89. The summed E-state index contributed by atoms with van der Waals surface area (Å²) in [6, 6.07) is 0. The molecule has 0 aromatic heterocycles. The molecule has 2 fully saturated rings. The number of ether oxygens (including phenoxy) is 1. The largest absolute Gasteiger partial charge is 0.379 e. The minimum Gasteiger partial charge on any atom is -0.379 e. The summed E-state index contributed by atoms with van der Waals surface area (Å²) in [4.78, 5) is 0. The van der Waals surface area contributed by atoms with Crippen LogP contribution < -0.4 is 0 Å². The van der Waals surface area contributed by atoms with Crippen molar-refractivity contribution in [3.63, 3.8) is 0 Å². The zero-order valence-corrected chi connectivity index (χ0v) is 12.6. The van der Waals surface area contributed by atoms with Gasteiger partial charge in [0.25, 0.3) is 0 Å². The Morgan fingerprint density at radius 2 is 2.00 bits per heavy atom. The van der Waals surface area contributed by atoms with Crippen molar-refractivity contribution < 1.29 is 13.2 Å². The highest BCUT2D eigenvalue weighted by atomic mass is 32.2. The molecule has 0 spiro atoms. The highest BCUT2D eigenvalue weighted by Crippen LogP contribution is 2.62. The first-order valence-electron chi connectivity index (χ1n) is 7.12. The van der Waals surface area contributed by atoms with Gasteiger partial charge in [0.05, 0.1) is 19.0 Å². The van der Waals surface area contributed by atoms with Crippen LogP contribution >= 0.6 is 0 Å². The number of hydrogen-bond donors (Lipinski definition) is 0. The smallest absolute Gasteiger partial charge is 0.215 e. The van der Waals surface area contributed by atoms with Crippen LogP contribution in [-0.2, 0) is 14.8 Å². The molecule has 0 N–H and O–H groups in total. The van der Waals surface area contributed by atoms with Gasteiger partial charge in [-0.3, -0.25) is 0 Å². The maximum atomic E-state index is 12.6. The molecule has 4 nitrogen and oxygen atoms in total. The number of nitrogens with zero attached hydrogens (tertiary/aromatic N) is 1. The van der Waals surface area contributed by atoms with Crippen LogP contribution in [0.3, 0.4) is 0 Å². The Hall–Kier alpha value is -0.390. The molecule has 3 aliphatic rings. The third-order valence-corrected chi connectivity index (χ3v) is 7.59. The molecule has 2 unspecified atom stereocenters. The van der Waals surface area contributed by atoms with Gasteiger partial charge in [0.2, 0.25) is 10.0 Å². The van der Waals surface area contributed by atoms with Gasteiger partial charge in [0.1, 0.15) is 0 Å². The highest BCUT2D eigenvalue weighted by Gasteiger charge is 2.57. The van der Waals surface area contributed by atoms with E-state index in [0.717, 1.165) is 12.8 Å². The topological polar surface area (TPSA) is 46.6 Å². The van der Waals surface area contributed by atoms with E-state index in [2.05, 4.69) is 26.0 Å². The lowest BCUT2D eigenvalue weighted by molar-refractivity contribution is 0.0720. The Bertz CT molecular complexity index is 491. The maximum Gasteiger partial charge on any atom is 0.215 e. The third-order valence-electron chi connectivity index (χ3n) is 5.56. The summed E-state index contributed by atoms with van der Waals surface area (Å²) in [6.45, 7) is 6.50. The predicted molar refractivity (Wildman–Crippen MR) is 74.3 cm³/mol. The summed E-state index contributed by atoms with van der Waals surface area (Å²) in [6.07, 6.45) is 6.55. The van der Waals surface area contributed by atoms with Gasteiger partial charge in [-0.1, -0.05) is 26.0 Å². The van der Waals surface area contributed by atoms with Crippen LogP contribution in [0, 0.1) is 16.7 Å². The molecular formula is C14H23NO3S. The standard InChI is InChI=1S/C14H23NO3S/c1-13(2)12-3-5-14(13,6-4-12)11-19(16,17)15-7-9-18-10-8-15/h3,5,12H,4,6-11H2,1-2H3. The predicted octanol–water partition coefficient (Wildman–Crippen LogP) is 1.64. The molecular weight excluding hydrogens is 262 g/mol. The second kappa shape index (κ2) is 4.30. The molecule has 5 heteroatoms. The lowest BCUT2D eigenvalue weighted by Gasteiger charge is -2.39. The van der Waals surface area contributed by atoms with E-state index in [1.807, 2.05) is 0 Å². The van der Waals surface area contributed by atoms with Crippen molar-refractivity contribution in [2.75, 3.05) is 32.1 Å². The first-order chi connectivity index (χ1) is 8.87. The molecule has 0 radical (unpaired) electrons. The summed E-state index contributed by atoms with van der Waals surface area (Å²) >= 11 is 0. The molecule has 1 saturated carbocycles. The summed E-state index contributed by atoms with van der Waals surface area (Å²) in [7, 11) is -3.18. The van der Waals surface area contributed by atoms with Crippen molar-refractivity contribution in [3.8, 4) is 0 Å². The second-order valence-corrected chi connectivity index (χ2v) is 8.62. The van der Waals surface area contributed by atoms with Gasteiger partial charge < -0.3 is 4.74 Å². The van der Waals surface area contributed by atoms with Crippen molar-refractivity contribution >= 4 is 10.0 Å². The van der Waals surface area contributed by atoms with Crippen LogP contribution in [0.15, 0.2) is 12.2 Å². The lowest BCUT2D eigenvalue weighted by atomic mass is 9.70. The van der Waals surface area contributed by atoms with E-state index in [4.69, 9.17) is 4.74 Å². The Morgan fingerprint density at radius 1 is 1.32 bits per heavy atom. The van der Waals surface area contributed by atoms with Gasteiger partial charge in [0.15, 0.2) is 0 Å². The van der Waals surface area contributed by atoms with E-state index in [-0.39, 0.29) is 16.6 Å². The number of allylic oxidation sites excluding steroid dienone is 2. The van der Waals surface area contributed by atoms with Crippen LogP contribution in [-0.4, -0.2) is 44.8 Å². The van der Waals surface area contributed by atoms with Gasteiger partial charge in [-0.25, -0.2) is 8.42 Å². The average molecular weight is 285 g/mol. The molecule has 1 aliphatic heterocycles. The van der Waals surface area contributed by atoms with Crippen molar-refractivity contribution in [2.24, 2.45) is 16.7 Å². The summed E-state index contributed by atoms with van der Waals surface area (Å²) in [5, 5.41) is 0. The first kappa shape index (κ1) is 13.6. The Labute approximate surface area is 115 Å². The Morgan fingerprint density at radius 3 is 2.47 bits per heavy atom. The van der Waals surface area contributed by atoms with Gasteiger partial charge in [0, 0.05) is 18.5 Å². The SMILES string of the molecule is CC1(C)C2C=CC1(CS(=O)(=O)N1CCOCC1)CC2. The zero-order chi connectivity index (χ0) is 13.7. The number of sulfonamides is 1. The molecule has 3 rings (SSSR count). The maximum absolute atomic E-state index is 12.6. The number of fused-ring (bicyclic) bond motifs is 2. The van der Waals surface area contributed by atoms with Crippen molar-refractivity contribution in [1.29, 1.82) is 0 Å². The molecule has 0 amide bonds. The monoisotopic (exact) mass is 285 g/mol. The van der Waals surface area contributed by atoms with E-state index in [0.29, 0.717) is 32.2 Å². The molecule has 0 aromatic rings. The molecule has 1 heterocycles. The van der Waals surface area contributed by atoms with E-state index in [9.17, 15) is 8.42 Å². The third kappa shape index (κ3) is 1.98. The first-order valence-corrected chi connectivity index (χ1v) is 8.73. The lowest BCUT2D eigenvalue weighted by Crippen LogP contribution is -2.47. The van der Waals surface area contributed by atoms with Crippen LogP contribution in [0.2, 0.25) is 0 Å². The van der Waals surface area contributed by atoms with E-state index in [1.165, 1.54) is 0 Å².